The first kappa shape index (κ1) is 28.9. The normalized spacial score (nSPS) is 25.2. The highest BCUT2D eigenvalue weighted by atomic mass is 35.5. The number of carboxylic acids is 1. The van der Waals surface area contributed by atoms with Crippen LogP contribution in [-0.2, 0) is 19.4 Å². The molecule has 0 bridgehead atoms. The minimum Gasteiger partial charge on any atom is -0.481 e. The molecule has 6 nitrogen and oxygen atoms in total. The number of sulfone groups is 1. The molecule has 4 rings (SSSR count). The SMILES string of the molecule is CCC(CS(=O)(=O)CC1CCC1)N1C(=O)[C@@](C)(CC(=O)O)CC(c2cccc(Cl)c2)[C@H]1c1ccc(Cl)cc1. The highest BCUT2D eigenvalue weighted by molar-refractivity contribution is 7.91. The molecule has 1 saturated heterocycles. The van der Waals surface area contributed by atoms with Crippen molar-refractivity contribution in [3.8, 4) is 0 Å². The van der Waals surface area contributed by atoms with Crippen LogP contribution in [0.2, 0.25) is 10.0 Å². The number of carbonyl (C=O) groups excluding carboxylic acids is 1. The zero-order valence-corrected chi connectivity index (χ0v) is 24.1. The third-order valence-electron chi connectivity index (χ3n) is 8.16. The van der Waals surface area contributed by atoms with Crippen LogP contribution in [0.15, 0.2) is 48.5 Å². The second-order valence-corrected chi connectivity index (χ2v) is 14.2. The van der Waals surface area contributed by atoms with E-state index in [0.29, 0.717) is 16.5 Å². The van der Waals surface area contributed by atoms with E-state index in [1.54, 1.807) is 30.0 Å². The summed E-state index contributed by atoms with van der Waals surface area (Å²) < 4.78 is 26.6. The number of amides is 1. The summed E-state index contributed by atoms with van der Waals surface area (Å²) in [6.45, 7) is 3.56. The Bertz CT molecular complexity index is 1280. The molecule has 1 aliphatic carbocycles. The van der Waals surface area contributed by atoms with Gasteiger partial charge in [0, 0.05) is 22.0 Å². The molecule has 1 heterocycles. The molecule has 206 valence electrons. The Labute approximate surface area is 235 Å². The number of piperidine rings is 1. The third-order valence-corrected chi connectivity index (χ3v) is 10.5. The van der Waals surface area contributed by atoms with Crippen LogP contribution >= 0.6 is 23.2 Å². The standard InChI is InChI=1S/C29H35Cl2NO5S/c1-3-24(18-38(36,37)17-19-6-4-7-19)32-27(20-10-12-22(30)13-11-20)25(21-8-5-9-23(31)14-21)15-29(2,28(32)35)16-26(33)34/h5,8-14,19,24-25,27H,3-4,6-7,15-18H2,1-2H3,(H,33,34)/t24?,25?,27-,29-/m1/s1. The molecule has 1 N–H and O–H groups in total. The monoisotopic (exact) mass is 579 g/mol. The fourth-order valence-electron chi connectivity index (χ4n) is 6.06. The number of carboxylic acid groups (broad SMARTS) is 1. The predicted molar refractivity (Wildman–Crippen MR) is 150 cm³/mol. The molecule has 2 aliphatic rings. The van der Waals surface area contributed by atoms with Gasteiger partial charge in [0.2, 0.25) is 5.91 Å². The molecule has 1 aliphatic heterocycles. The van der Waals surface area contributed by atoms with Crippen LogP contribution in [0.1, 0.15) is 75.5 Å². The number of likely N-dealkylation sites (tertiary alicyclic amines) is 1. The largest absolute Gasteiger partial charge is 0.481 e. The van der Waals surface area contributed by atoms with Crippen molar-refractivity contribution >= 4 is 44.9 Å². The van der Waals surface area contributed by atoms with Crippen molar-refractivity contribution in [2.45, 2.75) is 70.4 Å². The molecule has 9 heteroatoms. The van der Waals surface area contributed by atoms with Crippen molar-refractivity contribution in [3.05, 3.63) is 69.7 Å². The first-order chi connectivity index (χ1) is 17.9. The minimum atomic E-state index is -3.44. The molecule has 2 aromatic rings. The third kappa shape index (κ3) is 6.37. The van der Waals surface area contributed by atoms with Crippen molar-refractivity contribution in [1.29, 1.82) is 0 Å². The number of hydrogen-bond donors (Lipinski definition) is 1. The van der Waals surface area contributed by atoms with E-state index in [9.17, 15) is 23.1 Å². The summed E-state index contributed by atoms with van der Waals surface area (Å²) in [5.74, 6) is -1.55. The smallest absolute Gasteiger partial charge is 0.304 e. The summed E-state index contributed by atoms with van der Waals surface area (Å²) in [6, 6.07) is 13.5. The zero-order chi connectivity index (χ0) is 27.7. The van der Waals surface area contributed by atoms with Crippen molar-refractivity contribution in [3.63, 3.8) is 0 Å². The van der Waals surface area contributed by atoms with Crippen LogP contribution in [-0.4, -0.2) is 47.8 Å². The Balaban J connectivity index is 1.84. The molecular weight excluding hydrogens is 545 g/mol. The second-order valence-electron chi connectivity index (χ2n) is 11.1. The van der Waals surface area contributed by atoms with Gasteiger partial charge < -0.3 is 10.0 Å². The Kier molecular flexibility index (Phi) is 8.80. The van der Waals surface area contributed by atoms with Gasteiger partial charge in [-0.05, 0) is 67.0 Å². The lowest BCUT2D eigenvalue weighted by Crippen LogP contribution is -2.57. The molecule has 0 spiro atoms. The molecule has 0 aromatic heterocycles. The van der Waals surface area contributed by atoms with Crippen LogP contribution in [0.5, 0.6) is 0 Å². The zero-order valence-electron chi connectivity index (χ0n) is 21.8. The van der Waals surface area contributed by atoms with E-state index in [0.717, 1.165) is 30.4 Å². The van der Waals surface area contributed by atoms with Gasteiger partial charge in [0.15, 0.2) is 9.84 Å². The average molecular weight is 581 g/mol. The summed E-state index contributed by atoms with van der Waals surface area (Å²) in [4.78, 5) is 27.9. The van der Waals surface area contributed by atoms with Gasteiger partial charge in [0.1, 0.15) is 0 Å². The van der Waals surface area contributed by atoms with E-state index < -0.39 is 33.3 Å². The average Bonchev–Trinajstić information content (AvgIpc) is 2.82. The molecule has 38 heavy (non-hydrogen) atoms. The number of aliphatic carboxylic acids is 1. The number of nitrogens with zero attached hydrogens (tertiary/aromatic N) is 1. The van der Waals surface area contributed by atoms with Crippen molar-refractivity contribution in [2.75, 3.05) is 11.5 Å². The maximum atomic E-state index is 14.3. The molecule has 2 aromatic carbocycles. The topological polar surface area (TPSA) is 91.8 Å². The Morgan fingerprint density at radius 1 is 1.11 bits per heavy atom. The quantitative estimate of drug-likeness (QED) is 0.345. The summed E-state index contributed by atoms with van der Waals surface area (Å²) in [7, 11) is -3.44. The molecule has 1 saturated carbocycles. The van der Waals surface area contributed by atoms with Crippen LogP contribution in [0, 0.1) is 11.3 Å². The van der Waals surface area contributed by atoms with E-state index in [4.69, 9.17) is 23.2 Å². The van der Waals surface area contributed by atoms with Crippen LogP contribution in [0.4, 0.5) is 0 Å². The maximum absolute atomic E-state index is 14.3. The number of halogens is 2. The lowest BCUT2D eigenvalue weighted by Gasteiger charge is -2.51. The lowest BCUT2D eigenvalue weighted by atomic mass is 9.67. The first-order valence-electron chi connectivity index (χ1n) is 13.2. The van der Waals surface area contributed by atoms with Gasteiger partial charge in [-0.2, -0.15) is 0 Å². The summed E-state index contributed by atoms with van der Waals surface area (Å²) >= 11 is 12.6. The molecule has 4 atom stereocenters. The van der Waals surface area contributed by atoms with Gasteiger partial charge in [-0.25, -0.2) is 8.42 Å². The molecule has 2 fully saturated rings. The minimum absolute atomic E-state index is 0.126. The van der Waals surface area contributed by atoms with Gasteiger partial charge >= 0.3 is 5.97 Å². The second kappa shape index (κ2) is 11.6. The van der Waals surface area contributed by atoms with E-state index in [-0.39, 0.29) is 42.1 Å². The predicted octanol–water partition coefficient (Wildman–Crippen LogP) is 6.53. The molecule has 2 unspecified atom stereocenters. The van der Waals surface area contributed by atoms with Gasteiger partial charge in [-0.3, -0.25) is 9.59 Å². The number of carbonyl (C=O) groups is 2. The molecule has 0 radical (unpaired) electrons. The van der Waals surface area contributed by atoms with E-state index in [1.807, 2.05) is 37.3 Å². The number of hydrogen-bond acceptors (Lipinski definition) is 4. The van der Waals surface area contributed by atoms with Crippen LogP contribution in [0.3, 0.4) is 0 Å². The Morgan fingerprint density at radius 2 is 1.79 bits per heavy atom. The summed E-state index contributed by atoms with van der Waals surface area (Å²) in [5.41, 5.74) is 0.478. The summed E-state index contributed by atoms with van der Waals surface area (Å²) in [6.07, 6.45) is 3.24. The summed E-state index contributed by atoms with van der Waals surface area (Å²) in [5, 5.41) is 10.8. The van der Waals surface area contributed by atoms with Crippen LogP contribution < -0.4 is 0 Å². The molecule has 1 amide bonds. The van der Waals surface area contributed by atoms with Gasteiger partial charge in [0.25, 0.3) is 0 Å². The fraction of sp³-hybridized carbons (Fsp3) is 0.517. The van der Waals surface area contributed by atoms with Crippen molar-refractivity contribution in [2.24, 2.45) is 11.3 Å². The maximum Gasteiger partial charge on any atom is 0.304 e. The highest BCUT2D eigenvalue weighted by Gasteiger charge is 2.52. The van der Waals surface area contributed by atoms with E-state index in [2.05, 4.69) is 0 Å². The number of benzene rings is 2. The van der Waals surface area contributed by atoms with Crippen molar-refractivity contribution in [1.82, 2.24) is 4.90 Å². The first-order valence-corrected chi connectivity index (χ1v) is 15.8. The van der Waals surface area contributed by atoms with E-state index in [1.165, 1.54) is 0 Å². The van der Waals surface area contributed by atoms with E-state index >= 15 is 0 Å². The Hall–Kier alpha value is -2.09. The van der Waals surface area contributed by atoms with Gasteiger partial charge in [-0.15, -0.1) is 0 Å². The van der Waals surface area contributed by atoms with Gasteiger partial charge in [0.05, 0.1) is 29.4 Å². The Morgan fingerprint density at radius 3 is 2.34 bits per heavy atom. The fourth-order valence-corrected chi connectivity index (χ4v) is 8.55. The van der Waals surface area contributed by atoms with Crippen LogP contribution in [0.25, 0.3) is 0 Å². The van der Waals surface area contributed by atoms with Gasteiger partial charge in [-0.1, -0.05) is 67.7 Å². The highest BCUT2D eigenvalue weighted by Crippen LogP contribution is 2.52. The van der Waals surface area contributed by atoms with Crippen molar-refractivity contribution < 1.29 is 23.1 Å². The lowest BCUT2D eigenvalue weighted by molar-refractivity contribution is -0.160. The molecular formula is C29H35Cl2NO5S. The number of rotatable bonds is 10.